The van der Waals surface area contributed by atoms with Gasteiger partial charge in [-0.2, -0.15) is 13.2 Å². The number of aryl methyl sites for hydroxylation is 1. The second-order valence-electron chi connectivity index (χ2n) is 8.13. The van der Waals surface area contributed by atoms with E-state index in [0.717, 1.165) is 32.1 Å². The van der Waals surface area contributed by atoms with E-state index in [-0.39, 0.29) is 5.92 Å². The van der Waals surface area contributed by atoms with Crippen LogP contribution in [0.15, 0.2) is 24.3 Å². The lowest BCUT2D eigenvalue weighted by Crippen LogP contribution is -2.16. The van der Waals surface area contributed by atoms with E-state index in [2.05, 4.69) is 31.2 Å². The maximum atomic E-state index is 12.4. The Morgan fingerprint density at radius 1 is 0.846 bits per heavy atom. The number of hydrogen-bond donors (Lipinski definition) is 0. The van der Waals surface area contributed by atoms with Gasteiger partial charge in [0.2, 0.25) is 0 Å². The van der Waals surface area contributed by atoms with Gasteiger partial charge in [-0.1, -0.05) is 63.3 Å². The largest absolute Gasteiger partial charge is 0.389 e. The van der Waals surface area contributed by atoms with Crippen LogP contribution in [0.4, 0.5) is 13.2 Å². The van der Waals surface area contributed by atoms with E-state index in [4.69, 9.17) is 0 Å². The molecule has 0 N–H and O–H groups in total. The summed E-state index contributed by atoms with van der Waals surface area (Å²) in [6.45, 7) is 2.25. The number of rotatable bonds is 10. The van der Waals surface area contributed by atoms with E-state index in [1.54, 1.807) is 0 Å². The number of alkyl halides is 3. The second kappa shape index (κ2) is 11.0. The summed E-state index contributed by atoms with van der Waals surface area (Å²) in [5.74, 6) is 0.806. The monoisotopic (exact) mass is 368 g/mol. The van der Waals surface area contributed by atoms with Gasteiger partial charge in [-0.3, -0.25) is 0 Å². The van der Waals surface area contributed by atoms with Gasteiger partial charge in [-0.25, -0.2) is 0 Å². The molecule has 0 nitrogen and oxygen atoms in total. The second-order valence-corrected chi connectivity index (χ2v) is 8.13. The van der Waals surface area contributed by atoms with Crippen LogP contribution in [0.25, 0.3) is 0 Å². The van der Waals surface area contributed by atoms with Gasteiger partial charge in [0.15, 0.2) is 0 Å². The van der Waals surface area contributed by atoms with Gasteiger partial charge in [-0.05, 0) is 67.9 Å². The normalized spacial score (nSPS) is 21.1. The molecule has 0 saturated heterocycles. The molecule has 148 valence electrons. The molecular formula is C23H35F3. The van der Waals surface area contributed by atoms with Crippen LogP contribution < -0.4 is 0 Å². The highest BCUT2D eigenvalue weighted by Gasteiger charge is 2.30. The average molecular weight is 369 g/mol. The lowest BCUT2D eigenvalue weighted by molar-refractivity contribution is -0.138. The van der Waals surface area contributed by atoms with Crippen LogP contribution in [-0.2, 0) is 6.42 Å². The molecule has 0 heterocycles. The topological polar surface area (TPSA) is 0 Å². The Kier molecular flexibility index (Phi) is 9.01. The first-order valence-corrected chi connectivity index (χ1v) is 10.6. The van der Waals surface area contributed by atoms with Crippen molar-refractivity contribution in [3.8, 4) is 0 Å². The fraction of sp³-hybridized carbons (Fsp3) is 0.739. The molecule has 0 unspecified atom stereocenters. The third-order valence-electron chi connectivity index (χ3n) is 5.95. The van der Waals surface area contributed by atoms with Gasteiger partial charge >= 0.3 is 6.18 Å². The van der Waals surface area contributed by atoms with E-state index in [9.17, 15) is 13.2 Å². The molecule has 1 saturated carbocycles. The molecule has 2 rings (SSSR count). The maximum absolute atomic E-state index is 12.4. The summed E-state index contributed by atoms with van der Waals surface area (Å²) in [5.41, 5.74) is 2.80. The fourth-order valence-electron chi connectivity index (χ4n) is 4.22. The molecule has 26 heavy (non-hydrogen) atoms. The average Bonchev–Trinajstić information content (AvgIpc) is 2.63. The quantitative estimate of drug-likeness (QED) is 0.365. The summed E-state index contributed by atoms with van der Waals surface area (Å²) in [4.78, 5) is 0. The van der Waals surface area contributed by atoms with Crippen molar-refractivity contribution in [2.75, 3.05) is 0 Å². The van der Waals surface area contributed by atoms with Gasteiger partial charge in [0, 0.05) is 6.42 Å². The summed E-state index contributed by atoms with van der Waals surface area (Å²) in [5, 5.41) is 0. The Morgan fingerprint density at radius 2 is 1.46 bits per heavy atom. The summed E-state index contributed by atoms with van der Waals surface area (Å²) in [6, 6.07) is 9.04. The van der Waals surface area contributed by atoms with Crippen molar-refractivity contribution >= 4 is 0 Å². The van der Waals surface area contributed by atoms with Crippen molar-refractivity contribution in [3.63, 3.8) is 0 Å². The van der Waals surface area contributed by atoms with Crippen molar-refractivity contribution in [2.45, 2.75) is 102 Å². The van der Waals surface area contributed by atoms with E-state index in [0.29, 0.717) is 12.3 Å². The highest BCUT2D eigenvalue weighted by Crippen LogP contribution is 2.39. The Balaban J connectivity index is 1.67. The minimum Gasteiger partial charge on any atom is -0.171 e. The van der Waals surface area contributed by atoms with Crippen LogP contribution in [0.1, 0.15) is 101 Å². The number of hydrogen-bond acceptors (Lipinski definition) is 0. The zero-order chi connectivity index (χ0) is 18.8. The molecule has 3 heteroatoms. The van der Waals surface area contributed by atoms with Crippen LogP contribution >= 0.6 is 0 Å². The Hall–Kier alpha value is -0.990. The van der Waals surface area contributed by atoms with Gasteiger partial charge in [0.25, 0.3) is 0 Å². The highest BCUT2D eigenvalue weighted by molar-refractivity contribution is 5.26. The zero-order valence-electron chi connectivity index (χ0n) is 16.3. The van der Waals surface area contributed by atoms with Crippen LogP contribution in [-0.4, -0.2) is 6.18 Å². The molecule has 0 aromatic heterocycles. The lowest BCUT2D eigenvalue weighted by Gasteiger charge is -2.29. The first-order valence-electron chi connectivity index (χ1n) is 10.6. The molecule has 0 aliphatic heterocycles. The first-order chi connectivity index (χ1) is 12.5. The van der Waals surface area contributed by atoms with Gasteiger partial charge in [0.05, 0.1) is 0 Å². The molecule has 1 aromatic carbocycles. The highest BCUT2D eigenvalue weighted by atomic mass is 19.4. The summed E-state index contributed by atoms with van der Waals surface area (Å²) in [7, 11) is 0. The third kappa shape index (κ3) is 8.14. The minimum absolute atomic E-state index is 0.264. The summed E-state index contributed by atoms with van der Waals surface area (Å²) >= 11 is 0. The standard InChI is InChI=1S/C23H35F3/c1-2-3-4-5-6-7-8-19-9-13-21(14-10-19)22-15-11-20(12-16-22)17-18-23(24,25)26/h9-10,13-14,20,22H,2-8,11-12,15-18H2,1H3. The summed E-state index contributed by atoms with van der Waals surface area (Å²) < 4.78 is 37.1. The Bertz CT molecular complexity index is 481. The molecule has 0 radical (unpaired) electrons. The lowest BCUT2D eigenvalue weighted by atomic mass is 9.77. The van der Waals surface area contributed by atoms with Gasteiger partial charge < -0.3 is 0 Å². The predicted octanol–water partition coefficient (Wildman–Crippen LogP) is 8.21. The molecule has 0 bridgehead atoms. The third-order valence-corrected chi connectivity index (χ3v) is 5.95. The minimum atomic E-state index is -4.00. The van der Waals surface area contributed by atoms with Crippen molar-refractivity contribution in [2.24, 2.45) is 5.92 Å². The van der Waals surface area contributed by atoms with Crippen molar-refractivity contribution in [1.29, 1.82) is 0 Å². The predicted molar refractivity (Wildman–Crippen MR) is 104 cm³/mol. The molecule has 0 spiro atoms. The van der Waals surface area contributed by atoms with Crippen LogP contribution in [0.3, 0.4) is 0 Å². The van der Waals surface area contributed by atoms with Crippen LogP contribution in [0, 0.1) is 5.92 Å². The molecule has 1 aliphatic rings. The fourth-order valence-corrected chi connectivity index (χ4v) is 4.22. The van der Waals surface area contributed by atoms with Crippen molar-refractivity contribution in [1.82, 2.24) is 0 Å². The summed E-state index contributed by atoms with van der Waals surface area (Å²) in [6.07, 6.45) is 8.79. The van der Waals surface area contributed by atoms with Crippen molar-refractivity contribution < 1.29 is 13.2 Å². The van der Waals surface area contributed by atoms with E-state index < -0.39 is 12.6 Å². The van der Waals surface area contributed by atoms with E-state index in [1.807, 2.05) is 0 Å². The Morgan fingerprint density at radius 3 is 2.08 bits per heavy atom. The Labute approximate surface area is 157 Å². The van der Waals surface area contributed by atoms with Crippen molar-refractivity contribution in [3.05, 3.63) is 35.4 Å². The number of benzene rings is 1. The molecule has 0 atom stereocenters. The number of unbranched alkanes of at least 4 members (excludes halogenated alkanes) is 5. The SMILES string of the molecule is CCCCCCCCc1ccc(C2CCC(CCC(F)(F)F)CC2)cc1. The first kappa shape index (κ1) is 21.3. The van der Waals surface area contributed by atoms with Crippen LogP contribution in [0.2, 0.25) is 0 Å². The number of halogens is 3. The molecule has 1 fully saturated rings. The van der Waals surface area contributed by atoms with Gasteiger partial charge in [-0.15, -0.1) is 0 Å². The van der Waals surface area contributed by atoms with Crippen LogP contribution in [0.5, 0.6) is 0 Å². The molecule has 1 aliphatic carbocycles. The van der Waals surface area contributed by atoms with E-state index >= 15 is 0 Å². The van der Waals surface area contributed by atoms with Gasteiger partial charge in [0.1, 0.15) is 0 Å². The molecule has 1 aromatic rings. The maximum Gasteiger partial charge on any atom is 0.389 e. The van der Waals surface area contributed by atoms with E-state index in [1.165, 1.54) is 49.7 Å². The molecular weight excluding hydrogens is 333 g/mol. The molecule has 0 amide bonds. The zero-order valence-corrected chi connectivity index (χ0v) is 16.3. The smallest absolute Gasteiger partial charge is 0.171 e.